The Kier molecular flexibility index (Phi) is 4.91. The third-order valence-electron chi connectivity index (χ3n) is 10.9. The molecule has 0 spiro atoms. The van der Waals surface area contributed by atoms with Gasteiger partial charge < -0.3 is 0 Å². The van der Waals surface area contributed by atoms with Crippen LogP contribution < -0.4 is 4.90 Å². The van der Waals surface area contributed by atoms with E-state index >= 15 is 0 Å². The number of nitrogens with zero attached hydrogens (tertiary/aromatic N) is 3. The van der Waals surface area contributed by atoms with Gasteiger partial charge in [0.05, 0.1) is 34.8 Å². The molecule has 3 aromatic carbocycles. The van der Waals surface area contributed by atoms with E-state index in [0.717, 1.165) is 39.2 Å². The summed E-state index contributed by atoms with van der Waals surface area (Å²) < 4.78 is 0. The molecule has 7 nitrogen and oxygen atoms in total. The second kappa shape index (κ2) is 8.38. The quantitative estimate of drug-likeness (QED) is 0.245. The van der Waals surface area contributed by atoms with E-state index in [2.05, 4.69) is 17.3 Å². The molecular formula is C35H26ClN3O4. The van der Waals surface area contributed by atoms with Gasteiger partial charge in [-0.1, -0.05) is 78.4 Å². The van der Waals surface area contributed by atoms with Crippen LogP contribution in [0.3, 0.4) is 0 Å². The first kappa shape index (κ1) is 25.2. The molecule has 10 rings (SSSR count). The SMILES string of the molecule is Cc1ccc(Cl)cc1N1C(=O)[C@@H]2C3c4ccccc4C(/C=N\N4C(=O)[C@H]5[C@H](C4=O)[C@H]4C=C[C@H]5C4)(c4ccccc43)[C@H]2C1=O. The Morgan fingerprint density at radius 1 is 0.791 bits per heavy atom. The molecule has 6 atom stereocenters. The second-order valence-electron chi connectivity index (χ2n) is 12.7. The molecule has 2 saturated heterocycles. The summed E-state index contributed by atoms with van der Waals surface area (Å²) in [5.41, 5.74) is 3.72. The standard InChI is InChI=1S/C35H26ClN3O4/c1-17-10-13-20(36)15-25(17)38-31(40)29-28-21-6-2-4-8-23(21)35(30(29)34(38)43,24-9-5-3-7-22(24)28)16-37-39-32(41)26-18-11-12-19(14-18)27(26)33(39)42/h2-13,15-16,18-19,26-30H,14H2,1H3/b37-16-/t18-,19-,26+,27+,28?,29+,30+,35?/m0/s1. The van der Waals surface area contributed by atoms with Crippen LogP contribution in [-0.2, 0) is 24.6 Å². The Balaban J connectivity index is 1.25. The van der Waals surface area contributed by atoms with Gasteiger partial charge in [-0.25, -0.2) is 4.90 Å². The molecule has 4 bridgehead atoms. The van der Waals surface area contributed by atoms with Crippen LogP contribution in [0, 0.1) is 42.4 Å². The first-order valence-corrected chi connectivity index (χ1v) is 15.1. The Bertz CT molecular complexity index is 1820. The zero-order valence-electron chi connectivity index (χ0n) is 23.2. The average molecular weight is 588 g/mol. The summed E-state index contributed by atoms with van der Waals surface area (Å²) in [4.78, 5) is 57.6. The Hall–Kier alpha value is -4.36. The minimum atomic E-state index is -1.17. The molecule has 43 heavy (non-hydrogen) atoms. The number of allylic oxidation sites excluding steroid dienone is 2. The molecule has 212 valence electrons. The summed E-state index contributed by atoms with van der Waals surface area (Å²) in [7, 11) is 0. The van der Waals surface area contributed by atoms with E-state index in [-0.39, 0.29) is 53.2 Å². The lowest BCUT2D eigenvalue weighted by Crippen LogP contribution is -2.55. The maximum atomic E-state index is 14.7. The fraction of sp³-hybridized carbons (Fsp3) is 0.286. The first-order chi connectivity index (χ1) is 20.8. The summed E-state index contributed by atoms with van der Waals surface area (Å²) in [5, 5.41) is 6.15. The minimum Gasteiger partial charge on any atom is -0.274 e. The summed E-state index contributed by atoms with van der Waals surface area (Å²) in [6, 6.07) is 20.9. The van der Waals surface area contributed by atoms with Crippen LogP contribution in [0.2, 0.25) is 5.02 Å². The van der Waals surface area contributed by atoms with Crippen LogP contribution in [0.25, 0.3) is 0 Å². The molecule has 2 heterocycles. The molecule has 3 fully saturated rings. The Labute approximate surface area is 252 Å². The maximum absolute atomic E-state index is 14.7. The molecule has 1 saturated carbocycles. The number of amides is 4. The van der Waals surface area contributed by atoms with Crippen LogP contribution in [0.5, 0.6) is 0 Å². The molecule has 2 aliphatic heterocycles. The van der Waals surface area contributed by atoms with Crippen molar-refractivity contribution < 1.29 is 19.2 Å². The first-order valence-electron chi connectivity index (χ1n) is 14.8. The number of hydrogen-bond acceptors (Lipinski definition) is 5. The van der Waals surface area contributed by atoms with Gasteiger partial charge in [0.25, 0.3) is 11.8 Å². The van der Waals surface area contributed by atoms with Crippen molar-refractivity contribution in [2.24, 2.45) is 40.6 Å². The van der Waals surface area contributed by atoms with Crippen LogP contribution in [0.15, 0.2) is 84.0 Å². The third kappa shape index (κ3) is 2.93. The van der Waals surface area contributed by atoms with Gasteiger partial charge in [-0.3, -0.25) is 19.2 Å². The smallest absolute Gasteiger partial charge is 0.254 e. The number of imide groups is 2. The number of rotatable bonds is 3. The molecule has 0 unspecified atom stereocenters. The number of carbonyl (C=O) groups is 4. The lowest BCUT2D eigenvalue weighted by atomic mass is 9.47. The predicted molar refractivity (Wildman–Crippen MR) is 159 cm³/mol. The van der Waals surface area contributed by atoms with Crippen LogP contribution in [-0.4, -0.2) is 34.9 Å². The fourth-order valence-electron chi connectivity index (χ4n) is 9.26. The number of anilines is 1. The Morgan fingerprint density at radius 3 is 2.02 bits per heavy atom. The third-order valence-corrected chi connectivity index (χ3v) is 11.2. The zero-order valence-corrected chi connectivity index (χ0v) is 23.9. The number of hydrazone groups is 1. The van der Waals surface area contributed by atoms with Crippen molar-refractivity contribution in [3.05, 3.63) is 112 Å². The van der Waals surface area contributed by atoms with Gasteiger partial charge in [-0.05, 0) is 65.1 Å². The van der Waals surface area contributed by atoms with Crippen molar-refractivity contribution in [1.29, 1.82) is 0 Å². The van der Waals surface area contributed by atoms with E-state index in [0.29, 0.717) is 10.7 Å². The predicted octanol–water partition coefficient (Wildman–Crippen LogP) is 4.99. The number of carbonyl (C=O) groups excluding carboxylic acids is 4. The van der Waals surface area contributed by atoms with Crippen molar-refractivity contribution in [3.8, 4) is 0 Å². The molecule has 5 aliphatic carbocycles. The topological polar surface area (TPSA) is 87.1 Å². The normalized spacial score (nSPS) is 34.4. The molecule has 0 radical (unpaired) electrons. The zero-order chi connectivity index (χ0) is 29.4. The van der Waals surface area contributed by atoms with Crippen molar-refractivity contribution >= 4 is 47.1 Å². The molecule has 7 aliphatic rings. The van der Waals surface area contributed by atoms with E-state index in [1.54, 1.807) is 24.4 Å². The molecular weight excluding hydrogens is 562 g/mol. The highest BCUT2D eigenvalue weighted by atomic mass is 35.5. The molecule has 4 amide bonds. The molecule has 0 aromatic heterocycles. The van der Waals surface area contributed by atoms with Crippen molar-refractivity contribution in [3.63, 3.8) is 0 Å². The number of aryl methyl sites for hydroxylation is 1. The lowest BCUT2D eigenvalue weighted by molar-refractivity contribution is -0.140. The summed E-state index contributed by atoms with van der Waals surface area (Å²) in [6.07, 6.45) is 6.56. The second-order valence-corrected chi connectivity index (χ2v) is 13.1. The number of halogens is 1. The van der Waals surface area contributed by atoms with Crippen LogP contribution >= 0.6 is 11.6 Å². The lowest BCUT2D eigenvalue weighted by Gasteiger charge is -2.52. The van der Waals surface area contributed by atoms with Gasteiger partial charge in [0.1, 0.15) is 0 Å². The largest absolute Gasteiger partial charge is 0.274 e. The van der Waals surface area contributed by atoms with Gasteiger partial charge in [-0.2, -0.15) is 10.1 Å². The molecule has 0 N–H and O–H groups in total. The van der Waals surface area contributed by atoms with Crippen molar-refractivity contribution in [2.45, 2.75) is 24.7 Å². The summed E-state index contributed by atoms with van der Waals surface area (Å²) in [6.45, 7) is 1.85. The highest BCUT2D eigenvalue weighted by Gasteiger charge is 2.68. The van der Waals surface area contributed by atoms with Gasteiger partial charge in [0, 0.05) is 17.2 Å². The summed E-state index contributed by atoms with van der Waals surface area (Å²) >= 11 is 6.36. The van der Waals surface area contributed by atoms with Gasteiger partial charge in [-0.15, -0.1) is 0 Å². The highest BCUT2D eigenvalue weighted by Crippen LogP contribution is 2.64. The van der Waals surface area contributed by atoms with E-state index < -0.39 is 17.3 Å². The monoisotopic (exact) mass is 587 g/mol. The molecule has 8 heteroatoms. The fourth-order valence-corrected chi connectivity index (χ4v) is 9.43. The van der Waals surface area contributed by atoms with Crippen molar-refractivity contribution in [1.82, 2.24) is 5.01 Å². The number of hydrogen-bond donors (Lipinski definition) is 0. The molecule has 3 aromatic rings. The van der Waals surface area contributed by atoms with E-state index in [4.69, 9.17) is 11.6 Å². The van der Waals surface area contributed by atoms with E-state index in [1.165, 1.54) is 4.90 Å². The van der Waals surface area contributed by atoms with E-state index in [9.17, 15) is 19.2 Å². The van der Waals surface area contributed by atoms with Crippen molar-refractivity contribution in [2.75, 3.05) is 4.90 Å². The number of fused-ring (bicyclic) bond motifs is 5. The minimum absolute atomic E-state index is 0.0595. The summed E-state index contributed by atoms with van der Waals surface area (Å²) in [5.74, 6) is -3.67. The average Bonchev–Trinajstić information content (AvgIpc) is 3.76. The van der Waals surface area contributed by atoms with Crippen LogP contribution in [0.4, 0.5) is 5.69 Å². The highest BCUT2D eigenvalue weighted by molar-refractivity contribution is 6.32. The van der Waals surface area contributed by atoms with Crippen LogP contribution in [0.1, 0.15) is 40.2 Å². The van der Waals surface area contributed by atoms with Gasteiger partial charge in [0.15, 0.2) is 0 Å². The van der Waals surface area contributed by atoms with Gasteiger partial charge in [0.2, 0.25) is 11.8 Å². The number of benzene rings is 3. The van der Waals surface area contributed by atoms with E-state index in [1.807, 2.05) is 55.5 Å². The maximum Gasteiger partial charge on any atom is 0.254 e. The Morgan fingerprint density at radius 2 is 1.40 bits per heavy atom. The van der Waals surface area contributed by atoms with Gasteiger partial charge >= 0.3 is 0 Å².